The van der Waals surface area contributed by atoms with Gasteiger partial charge in [0.05, 0.1) is 0 Å². The van der Waals surface area contributed by atoms with Crippen molar-refractivity contribution in [1.82, 2.24) is 4.57 Å². The van der Waals surface area contributed by atoms with Crippen molar-refractivity contribution in [2.75, 3.05) is 0 Å². The van der Waals surface area contributed by atoms with Crippen molar-refractivity contribution in [2.45, 2.75) is 65.3 Å². The van der Waals surface area contributed by atoms with Gasteiger partial charge >= 0.3 is 0 Å². The smallest absolute Gasteiger partial charge is 0.234 e. The van der Waals surface area contributed by atoms with Gasteiger partial charge in [0, 0.05) is 0 Å². The van der Waals surface area contributed by atoms with Gasteiger partial charge in [-0.1, -0.05) is 30.5 Å². The molecule has 1 aromatic carbocycles. The third-order valence-electron chi connectivity index (χ3n) is 4.80. The molecule has 1 aromatic heterocycles. The molecule has 0 saturated heterocycles. The van der Waals surface area contributed by atoms with Gasteiger partial charge in [0.25, 0.3) is 0 Å². The van der Waals surface area contributed by atoms with E-state index in [1.807, 2.05) is 0 Å². The molecule has 2 aromatic rings. The van der Waals surface area contributed by atoms with E-state index in [0.717, 1.165) is 0 Å². The molecule has 1 saturated carbocycles. The zero-order valence-corrected chi connectivity index (χ0v) is 13.6. The molecule has 0 N–H and O–H groups in total. The van der Waals surface area contributed by atoms with Gasteiger partial charge in [-0.25, -0.2) is 9.13 Å². The molecule has 0 radical (unpaired) electrons. The maximum absolute atomic E-state index is 2.43. The lowest BCUT2D eigenvalue weighted by atomic mass is 10.1. The highest BCUT2D eigenvalue weighted by Crippen LogP contribution is 2.24. The molecular weight excluding hydrogens is 256 g/mol. The number of aryl methyl sites for hydroxylation is 3. The molecule has 1 fully saturated rings. The van der Waals surface area contributed by atoms with Crippen LogP contribution in [0.4, 0.5) is 0 Å². The van der Waals surface area contributed by atoms with Crippen LogP contribution in [0.5, 0.6) is 0 Å². The maximum atomic E-state index is 2.43. The molecular formula is C19H27N2+. The average Bonchev–Trinajstić information content (AvgIpc) is 2.72. The summed E-state index contributed by atoms with van der Waals surface area (Å²) in [4.78, 5) is 0. The van der Waals surface area contributed by atoms with E-state index in [2.05, 4.69) is 60.8 Å². The molecule has 1 aliphatic rings. The number of aromatic nitrogens is 2. The topological polar surface area (TPSA) is 8.81 Å². The Hall–Kier alpha value is -1.57. The van der Waals surface area contributed by atoms with Gasteiger partial charge in [-0.15, -0.1) is 0 Å². The number of nitrogens with zero attached hydrogens (tertiary/aromatic N) is 2. The van der Waals surface area contributed by atoms with Crippen LogP contribution in [0.1, 0.15) is 61.3 Å². The normalized spacial score (nSPS) is 16.9. The van der Waals surface area contributed by atoms with E-state index in [-0.39, 0.29) is 0 Å². The summed E-state index contributed by atoms with van der Waals surface area (Å²) in [5.41, 5.74) is 5.40. The minimum absolute atomic E-state index is 0.694. The average molecular weight is 283 g/mol. The van der Waals surface area contributed by atoms with E-state index >= 15 is 0 Å². The Kier molecular flexibility index (Phi) is 4.14. The first-order chi connectivity index (χ1) is 10.1. The summed E-state index contributed by atoms with van der Waals surface area (Å²) < 4.78 is 4.74. The molecule has 0 unspecified atom stereocenters. The van der Waals surface area contributed by atoms with Crippen LogP contribution >= 0.6 is 0 Å². The van der Waals surface area contributed by atoms with Crippen LogP contribution in [-0.2, 0) is 0 Å². The van der Waals surface area contributed by atoms with Crippen LogP contribution in [-0.4, -0.2) is 4.57 Å². The first kappa shape index (κ1) is 14.4. The Morgan fingerprint density at radius 2 is 1.57 bits per heavy atom. The zero-order valence-electron chi connectivity index (χ0n) is 13.6. The summed E-state index contributed by atoms with van der Waals surface area (Å²) in [7, 11) is 0. The van der Waals surface area contributed by atoms with Crippen LogP contribution in [0.25, 0.3) is 5.69 Å². The minimum atomic E-state index is 0.694. The molecule has 21 heavy (non-hydrogen) atoms. The number of rotatable bonds is 2. The largest absolute Gasteiger partial charge is 0.249 e. The highest BCUT2D eigenvalue weighted by Gasteiger charge is 2.20. The summed E-state index contributed by atoms with van der Waals surface area (Å²) >= 11 is 0. The van der Waals surface area contributed by atoms with Crippen LogP contribution in [0, 0.1) is 20.8 Å². The Bertz CT molecular complexity index is 593. The molecule has 1 aliphatic carbocycles. The molecule has 2 heteroatoms. The maximum Gasteiger partial charge on any atom is 0.249 e. The Morgan fingerprint density at radius 3 is 2.19 bits per heavy atom. The van der Waals surface area contributed by atoms with Crippen LogP contribution in [0.15, 0.2) is 30.9 Å². The molecule has 0 amide bonds. The standard InChI is InChI=1S/C19H27N2/c1-15-12-16(2)19(17(3)13-15)21-11-10-20(14-21)18-8-6-4-5-7-9-18/h10-14,18H,4-9H2,1-3H3/q+1. The van der Waals surface area contributed by atoms with Gasteiger partial charge in [0.15, 0.2) is 0 Å². The van der Waals surface area contributed by atoms with Crippen molar-refractivity contribution in [1.29, 1.82) is 0 Å². The third-order valence-corrected chi connectivity index (χ3v) is 4.80. The van der Waals surface area contributed by atoms with E-state index in [1.54, 1.807) is 0 Å². The lowest BCUT2D eigenvalue weighted by molar-refractivity contribution is -0.723. The van der Waals surface area contributed by atoms with Crippen LogP contribution in [0.3, 0.4) is 0 Å². The van der Waals surface area contributed by atoms with Gasteiger partial charge in [-0.3, -0.25) is 0 Å². The highest BCUT2D eigenvalue weighted by atomic mass is 15.1. The number of benzene rings is 1. The summed E-state index contributed by atoms with van der Waals surface area (Å²) in [6.07, 6.45) is 15.0. The number of imidazole rings is 1. The Morgan fingerprint density at radius 1 is 0.952 bits per heavy atom. The number of hydrogen-bond acceptors (Lipinski definition) is 0. The van der Waals surface area contributed by atoms with Crippen molar-refractivity contribution in [3.8, 4) is 5.69 Å². The summed E-state index contributed by atoms with van der Waals surface area (Å²) in [6, 6.07) is 5.25. The fraction of sp³-hybridized carbons (Fsp3) is 0.526. The van der Waals surface area contributed by atoms with Crippen LogP contribution < -0.4 is 4.57 Å². The lowest BCUT2D eigenvalue weighted by Crippen LogP contribution is -2.37. The lowest BCUT2D eigenvalue weighted by Gasteiger charge is -2.10. The van der Waals surface area contributed by atoms with Crippen molar-refractivity contribution in [3.63, 3.8) is 0 Å². The zero-order chi connectivity index (χ0) is 14.8. The van der Waals surface area contributed by atoms with E-state index in [1.165, 1.54) is 60.9 Å². The Balaban J connectivity index is 1.91. The van der Waals surface area contributed by atoms with Gasteiger partial charge < -0.3 is 0 Å². The second-order valence-corrected chi connectivity index (χ2v) is 6.66. The van der Waals surface area contributed by atoms with Crippen molar-refractivity contribution in [2.24, 2.45) is 0 Å². The Labute approximate surface area is 128 Å². The predicted molar refractivity (Wildman–Crippen MR) is 86.9 cm³/mol. The molecule has 3 rings (SSSR count). The second-order valence-electron chi connectivity index (χ2n) is 6.66. The van der Waals surface area contributed by atoms with Gasteiger partial charge in [0.1, 0.15) is 24.1 Å². The fourth-order valence-electron chi connectivity index (χ4n) is 3.85. The predicted octanol–water partition coefficient (Wildman–Crippen LogP) is 4.59. The van der Waals surface area contributed by atoms with Crippen LogP contribution in [0.2, 0.25) is 0 Å². The molecule has 0 spiro atoms. The SMILES string of the molecule is Cc1cc(C)c(-n2cc[n+](C3CCCCCC3)c2)c(C)c1. The summed E-state index contributed by atoms with van der Waals surface area (Å²) in [6.45, 7) is 6.60. The third kappa shape index (κ3) is 3.04. The number of hydrogen-bond donors (Lipinski definition) is 0. The fourth-order valence-corrected chi connectivity index (χ4v) is 3.85. The quantitative estimate of drug-likeness (QED) is 0.563. The summed E-state index contributed by atoms with van der Waals surface area (Å²) in [5, 5.41) is 0. The minimum Gasteiger partial charge on any atom is -0.234 e. The van der Waals surface area contributed by atoms with Gasteiger partial charge in [-0.05, 0) is 57.6 Å². The molecule has 0 bridgehead atoms. The van der Waals surface area contributed by atoms with Crippen molar-refractivity contribution < 1.29 is 4.57 Å². The molecule has 1 heterocycles. The van der Waals surface area contributed by atoms with E-state index < -0.39 is 0 Å². The molecule has 112 valence electrons. The summed E-state index contributed by atoms with van der Waals surface area (Å²) in [5.74, 6) is 0. The molecule has 0 aliphatic heterocycles. The second kappa shape index (κ2) is 6.05. The highest BCUT2D eigenvalue weighted by molar-refractivity contribution is 5.48. The monoisotopic (exact) mass is 283 g/mol. The van der Waals surface area contributed by atoms with Crippen molar-refractivity contribution in [3.05, 3.63) is 47.5 Å². The first-order valence-corrected chi connectivity index (χ1v) is 8.32. The van der Waals surface area contributed by atoms with E-state index in [0.29, 0.717) is 6.04 Å². The first-order valence-electron chi connectivity index (χ1n) is 8.32. The van der Waals surface area contributed by atoms with Gasteiger partial charge in [0.2, 0.25) is 6.33 Å². The van der Waals surface area contributed by atoms with Gasteiger partial charge in [-0.2, -0.15) is 0 Å². The van der Waals surface area contributed by atoms with E-state index in [9.17, 15) is 0 Å². The van der Waals surface area contributed by atoms with Crippen molar-refractivity contribution >= 4 is 0 Å². The molecule has 0 atom stereocenters. The molecule has 2 nitrogen and oxygen atoms in total. The van der Waals surface area contributed by atoms with E-state index in [4.69, 9.17) is 0 Å².